The fourth-order valence-electron chi connectivity index (χ4n) is 2.59. The van der Waals surface area contributed by atoms with Gasteiger partial charge in [0.25, 0.3) is 5.91 Å². The zero-order chi connectivity index (χ0) is 19.9. The van der Waals surface area contributed by atoms with E-state index in [1.807, 2.05) is 31.2 Å². The Hall–Kier alpha value is -3.67. The highest BCUT2D eigenvalue weighted by atomic mass is 16.5. The first-order chi connectivity index (χ1) is 13.5. The number of aryl methyl sites for hydroxylation is 1. The number of hydrogen-bond donors (Lipinski definition) is 2. The molecule has 142 valence electrons. The maximum absolute atomic E-state index is 12.3. The summed E-state index contributed by atoms with van der Waals surface area (Å²) >= 11 is 0. The van der Waals surface area contributed by atoms with Gasteiger partial charge in [-0.2, -0.15) is 0 Å². The molecule has 6 heteroatoms. The number of aromatic nitrogens is 1. The van der Waals surface area contributed by atoms with Crippen LogP contribution in [0.2, 0.25) is 0 Å². The molecule has 0 aliphatic heterocycles. The van der Waals surface area contributed by atoms with E-state index in [9.17, 15) is 9.59 Å². The third-order valence-corrected chi connectivity index (χ3v) is 3.97. The second-order valence-electron chi connectivity index (χ2n) is 6.18. The van der Waals surface area contributed by atoms with Crippen LogP contribution in [0.15, 0.2) is 66.9 Å². The minimum atomic E-state index is -0.343. The van der Waals surface area contributed by atoms with Gasteiger partial charge in [-0.3, -0.25) is 4.79 Å². The molecule has 28 heavy (non-hydrogen) atoms. The average Bonchev–Trinajstić information content (AvgIpc) is 2.70. The van der Waals surface area contributed by atoms with Gasteiger partial charge in [-0.05, 0) is 62.4 Å². The molecule has 1 heterocycles. The standard InChI is InChI=1S/C22H21N3O3/c1-3-28-22(27)16-7-9-18(10-8-16)24-19-11-12-20(23-14-19)25-21(26)17-6-4-5-15(2)13-17/h4-14,24H,3H2,1-2H3,(H,23,25,26). The van der Waals surface area contributed by atoms with E-state index in [0.29, 0.717) is 23.6 Å². The normalized spacial score (nSPS) is 10.2. The largest absolute Gasteiger partial charge is 0.462 e. The van der Waals surface area contributed by atoms with Crippen molar-refractivity contribution in [1.82, 2.24) is 4.98 Å². The molecule has 1 aromatic heterocycles. The van der Waals surface area contributed by atoms with Crippen molar-refractivity contribution < 1.29 is 14.3 Å². The summed E-state index contributed by atoms with van der Waals surface area (Å²) in [4.78, 5) is 28.2. The van der Waals surface area contributed by atoms with Gasteiger partial charge in [0.2, 0.25) is 0 Å². The minimum Gasteiger partial charge on any atom is -0.462 e. The molecule has 0 spiro atoms. The number of amides is 1. The summed E-state index contributed by atoms with van der Waals surface area (Å²) in [7, 11) is 0. The summed E-state index contributed by atoms with van der Waals surface area (Å²) in [5, 5.41) is 5.97. The zero-order valence-electron chi connectivity index (χ0n) is 15.7. The van der Waals surface area contributed by atoms with Crippen LogP contribution < -0.4 is 10.6 Å². The Morgan fingerprint density at radius 1 is 0.964 bits per heavy atom. The highest BCUT2D eigenvalue weighted by molar-refractivity contribution is 6.03. The first-order valence-electron chi connectivity index (χ1n) is 8.93. The molecule has 0 saturated carbocycles. The number of nitrogens with one attached hydrogen (secondary N) is 2. The average molecular weight is 375 g/mol. The smallest absolute Gasteiger partial charge is 0.338 e. The second kappa shape index (κ2) is 8.81. The SMILES string of the molecule is CCOC(=O)c1ccc(Nc2ccc(NC(=O)c3cccc(C)c3)nc2)cc1. The van der Waals surface area contributed by atoms with E-state index in [0.717, 1.165) is 16.9 Å². The van der Waals surface area contributed by atoms with Crippen LogP contribution in [0.3, 0.4) is 0 Å². The zero-order valence-corrected chi connectivity index (χ0v) is 15.7. The summed E-state index contributed by atoms with van der Waals surface area (Å²) in [6.45, 7) is 4.06. The molecule has 0 unspecified atom stereocenters. The molecular formula is C22H21N3O3. The van der Waals surface area contributed by atoms with E-state index in [2.05, 4.69) is 15.6 Å². The summed E-state index contributed by atoms with van der Waals surface area (Å²) < 4.78 is 4.97. The molecule has 3 rings (SSSR count). The number of carbonyl (C=O) groups excluding carboxylic acids is 2. The molecule has 0 saturated heterocycles. The molecule has 0 aliphatic rings. The summed E-state index contributed by atoms with van der Waals surface area (Å²) in [6.07, 6.45) is 1.63. The monoisotopic (exact) mass is 375 g/mol. The summed E-state index contributed by atoms with van der Waals surface area (Å²) in [6, 6.07) is 17.9. The first-order valence-corrected chi connectivity index (χ1v) is 8.93. The minimum absolute atomic E-state index is 0.202. The van der Waals surface area contributed by atoms with Crippen LogP contribution in [0.4, 0.5) is 17.2 Å². The highest BCUT2D eigenvalue weighted by Crippen LogP contribution is 2.18. The van der Waals surface area contributed by atoms with Crippen molar-refractivity contribution in [2.75, 3.05) is 17.2 Å². The Labute approximate surface area is 163 Å². The van der Waals surface area contributed by atoms with Crippen LogP contribution in [-0.4, -0.2) is 23.5 Å². The number of pyridine rings is 1. The molecule has 0 radical (unpaired) electrons. The van der Waals surface area contributed by atoms with Crippen molar-refractivity contribution in [2.24, 2.45) is 0 Å². The van der Waals surface area contributed by atoms with E-state index in [-0.39, 0.29) is 11.9 Å². The van der Waals surface area contributed by atoms with Crippen LogP contribution in [-0.2, 0) is 4.74 Å². The van der Waals surface area contributed by atoms with Gasteiger partial charge < -0.3 is 15.4 Å². The van der Waals surface area contributed by atoms with Gasteiger partial charge >= 0.3 is 5.97 Å². The van der Waals surface area contributed by atoms with Gasteiger partial charge in [0, 0.05) is 11.3 Å². The van der Waals surface area contributed by atoms with Crippen LogP contribution >= 0.6 is 0 Å². The maximum atomic E-state index is 12.3. The Bertz CT molecular complexity index is 967. The lowest BCUT2D eigenvalue weighted by Crippen LogP contribution is -2.13. The molecule has 6 nitrogen and oxygen atoms in total. The lowest BCUT2D eigenvalue weighted by molar-refractivity contribution is 0.0526. The summed E-state index contributed by atoms with van der Waals surface area (Å²) in [5.74, 6) is -0.0781. The molecule has 2 N–H and O–H groups in total. The van der Waals surface area contributed by atoms with Crippen LogP contribution in [0, 0.1) is 6.92 Å². The van der Waals surface area contributed by atoms with E-state index >= 15 is 0 Å². The Morgan fingerprint density at radius 2 is 1.71 bits per heavy atom. The number of anilines is 3. The van der Waals surface area contributed by atoms with E-state index in [1.54, 1.807) is 49.5 Å². The summed E-state index contributed by atoms with van der Waals surface area (Å²) in [5.41, 5.74) is 3.68. The van der Waals surface area contributed by atoms with Gasteiger partial charge in [-0.15, -0.1) is 0 Å². The lowest BCUT2D eigenvalue weighted by atomic mass is 10.1. The first kappa shape index (κ1) is 19.1. The van der Waals surface area contributed by atoms with Crippen LogP contribution in [0.1, 0.15) is 33.2 Å². The third-order valence-electron chi connectivity index (χ3n) is 3.97. The fourth-order valence-corrected chi connectivity index (χ4v) is 2.59. The van der Waals surface area contributed by atoms with Gasteiger partial charge in [0.1, 0.15) is 5.82 Å². The fraction of sp³-hybridized carbons (Fsp3) is 0.136. The quantitative estimate of drug-likeness (QED) is 0.617. The number of carbonyl (C=O) groups is 2. The number of hydrogen-bond acceptors (Lipinski definition) is 5. The van der Waals surface area contributed by atoms with Crippen molar-refractivity contribution in [3.63, 3.8) is 0 Å². The van der Waals surface area contributed by atoms with Crippen LogP contribution in [0.5, 0.6) is 0 Å². The molecule has 2 aromatic carbocycles. The van der Waals surface area contributed by atoms with Crippen molar-refractivity contribution in [3.05, 3.63) is 83.6 Å². The number of ether oxygens (including phenoxy) is 1. The van der Waals surface area contributed by atoms with Crippen molar-refractivity contribution >= 4 is 29.1 Å². The van der Waals surface area contributed by atoms with E-state index < -0.39 is 0 Å². The molecule has 0 fully saturated rings. The van der Waals surface area contributed by atoms with Crippen molar-refractivity contribution in [1.29, 1.82) is 0 Å². The Balaban J connectivity index is 1.61. The molecule has 3 aromatic rings. The molecule has 1 amide bonds. The van der Waals surface area contributed by atoms with E-state index in [1.165, 1.54) is 0 Å². The van der Waals surface area contributed by atoms with Gasteiger partial charge in [-0.25, -0.2) is 9.78 Å². The Kier molecular flexibility index (Phi) is 6.01. The highest BCUT2D eigenvalue weighted by Gasteiger charge is 2.08. The molecule has 0 atom stereocenters. The predicted octanol–water partition coefficient (Wildman–Crippen LogP) is 4.56. The van der Waals surface area contributed by atoms with Crippen molar-refractivity contribution in [2.45, 2.75) is 13.8 Å². The molecule has 0 aliphatic carbocycles. The van der Waals surface area contributed by atoms with Gasteiger partial charge in [0.05, 0.1) is 24.1 Å². The van der Waals surface area contributed by atoms with Crippen molar-refractivity contribution in [3.8, 4) is 0 Å². The maximum Gasteiger partial charge on any atom is 0.338 e. The van der Waals surface area contributed by atoms with Gasteiger partial charge in [0.15, 0.2) is 0 Å². The number of benzene rings is 2. The number of rotatable bonds is 6. The Morgan fingerprint density at radius 3 is 2.36 bits per heavy atom. The predicted molar refractivity (Wildman–Crippen MR) is 109 cm³/mol. The van der Waals surface area contributed by atoms with E-state index in [4.69, 9.17) is 4.74 Å². The number of esters is 1. The topological polar surface area (TPSA) is 80.3 Å². The van der Waals surface area contributed by atoms with Crippen LogP contribution in [0.25, 0.3) is 0 Å². The van der Waals surface area contributed by atoms with Gasteiger partial charge in [-0.1, -0.05) is 17.7 Å². The molecule has 0 bridgehead atoms. The lowest BCUT2D eigenvalue weighted by Gasteiger charge is -2.09. The number of nitrogens with zero attached hydrogens (tertiary/aromatic N) is 1. The molecular weight excluding hydrogens is 354 g/mol. The third kappa shape index (κ3) is 4.94. The second-order valence-corrected chi connectivity index (χ2v) is 6.18.